The van der Waals surface area contributed by atoms with E-state index >= 15 is 0 Å². The fourth-order valence-corrected chi connectivity index (χ4v) is 3.43. The summed E-state index contributed by atoms with van der Waals surface area (Å²) in [5.74, 6) is 0.837. The molecule has 0 aliphatic carbocycles. The van der Waals surface area contributed by atoms with Crippen LogP contribution in [-0.4, -0.2) is 68.3 Å². The molecule has 4 N–H and O–H groups in total. The maximum Gasteiger partial charge on any atom is 0.233 e. The minimum absolute atomic E-state index is 0.385. The molecule has 164 valence electrons. The Labute approximate surface area is 180 Å². The molecular weight excluding hydrogens is 412 g/mol. The first-order valence-electron chi connectivity index (χ1n) is 9.84. The highest BCUT2D eigenvalue weighted by Crippen LogP contribution is 2.34. The van der Waals surface area contributed by atoms with E-state index in [0.29, 0.717) is 41.1 Å². The van der Waals surface area contributed by atoms with E-state index < -0.39 is 37.1 Å². The molecule has 5 atom stereocenters. The highest BCUT2D eigenvalue weighted by Gasteiger charge is 2.44. The predicted octanol–water partition coefficient (Wildman–Crippen LogP) is 1.27. The summed E-state index contributed by atoms with van der Waals surface area (Å²) in [5.41, 5.74) is 1.98. The molecule has 8 nitrogen and oxygen atoms in total. The summed E-state index contributed by atoms with van der Waals surface area (Å²) in [7, 11) is 0. The molecule has 1 aliphatic heterocycles. The molecule has 0 spiro atoms. The van der Waals surface area contributed by atoms with Crippen LogP contribution in [0, 0.1) is 5.92 Å². The van der Waals surface area contributed by atoms with Crippen LogP contribution < -0.4 is 4.74 Å². The van der Waals surface area contributed by atoms with Gasteiger partial charge in [-0.1, -0.05) is 37.6 Å². The Bertz CT molecular complexity index is 833. The zero-order valence-corrected chi connectivity index (χ0v) is 17.6. The van der Waals surface area contributed by atoms with Gasteiger partial charge in [0.15, 0.2) is 0 Å². The van der Waals surface area contributed by atoms with E-state index in [1.807, 2.05) is 13.8 Å². The number of aliphatic hydroxyl groups excluding tert-OH is 4. The third-order valence-corrected chi connectivity index (χ3v) is 5.29. The number of ether oxygens (including phenoxy) is 2. The molecule has 3 rings (SSSR count). The predicted molar refractivity (Wildman–Crippen MR) is 109 cm³/mol. The van der Waals surface area contributed by atoms with Crippen LogP contribution in [0.3, 0.4) is 0 Å². The van der Waals surface area contributed by atoms with Crippen LogP contribution in [0.2, 0.25) is 5.02 Å². The minimum atomic E-state index is -1.44. The summed E-state index contributed by atoms with van der Waals surface area (Å²) < 4.78 is 11.2. The van der Waals surface area contributed by atoms with E-state index in [1.165, 1.54) is 0 Å². The van der Waals surface area contributed by atoms with Crippen LogP contribution in [-0.2, 0) is 11.2 Å². The first-order chi connectivity index (χ1) is 14.3. The average molecular weight is 439 g/mol. The molecule has 0 amide bonds. The lowest BCUT2D eigenvalue weighted by Crippen LogP contribution is -2.55. The van der Waals surface area contributed by atoms with Crippen molar-refractivity contribution in [3.05, 3.63) is 52.2 Å². The lowest BCUT2D eigenvalue weighted by molar-refractivity contribution is -0.231. The van der Waals surface area contributed by atoms with E-state index in [-0.39, 0.29) is 0 Å². The van der Waals surface area contributed by atoms with Crippen LogP contribution in [0.25, 0.3) is 0 Å². The van der Waals surface area contributed by atoms with Gasteiger partial charge in [0.2, 0.25) is 5.88 Å². The molecule has 0 bridgehead atoms. The molecule has 1 fully saturated rings. The third kappa shape index (κ3) is 5.26. The number of aromatic nitrogens is 2. The maximum atomic E-state index is 10.4. The van der Waals surface area contributed by atoms with Gasteiger partial charge in [-0.25, -0.2) is 0 Å². The fraction of sp³-hybridized carbons (Fsp3) is 0.524. The molecule has 1 aromatic heterocycles. The smallest absolute Gasteiger partial charge is 0.233 e. The van der Waals surface area contributed by atoms with E-state index in [0.717, 1.165) is 5.56 Å². The lowest BCUT2D eigenvalue weighted by Gasteiger charge is -2.40. The average Bonchev–Trinajstić information content (AvgIpc) is 2.73. The quantitative estimate of drug-likeness (QED) is 0.509. The molecule has 0 saturated carbocycles. The Morgan fingerprint density at radius 3 is 2.47 bits per heavy atom. The molecule has 1 saturated heterocycles. The Morgan fingerprint density at radius 1 is 1.07 bits per heavy atom. The highest BCUT2D eigenvalue weighted by atomic mass is 35.5. The van der Waals surface area contributed by atoms with Gasteiger partial charge in [0.05, 0.1) is 18.9 Å². The van der Waals surface area contributed by atoms with Gasteiger partial charge < -0.3 is 29.9 Å². The van der Waals surface area contributed by atoms with Gasteiger partial charge in [0.25, 0.3) is 0 Å². The maximum absolute atomic E-state index is 10.4. The Hall–Kier alpha value is -1.81. The summed E-state index contributed by atoms with van der Waals surface area (Å²) >= 11 is 6.34. The SMILES string of the molecule is CC(C)COc1ccc(Cc2cc([C@@H]3O[C@H](CO)[C@@H](O)[C@H](O)[C@H]3O)ccc2Cl)nn1. The molecule has 0 radical (unpaired) electrons. The number of rotatable bonds is 7. The lowest BCUT2D eigenvalue weighted by atomic mass is 9.90. The number of aliphatic hydroxyl groups is 4. The second-order valence-electron chi connectivity index (χ2n) is 7.84. The van der Waals surface area contributed by atoms with Gasteiger partial charge in [-0.15, -0.1) is 5.10 Å². The van der Waals surface area contributed by atoms with Gasteiger partial charge in [0.1, 0.15) is 30.5 Å². The largest absolute Gasteiger partial charge is 0.476 e. The summed E-state index contributed by atoms with van der Waals surface area (Å²) in [6.07, 6.45) is -5.70. The summed E-state index contributed by atoms with van der Waals surface area (Å²) in [5, 5.41) is 48.5. The zero-order valence-electron chi connectivity index (χ0n) is 16.8. The molecule has 0 unspecified atom stereocenters. The standard InChI is InChI=1S/C21H27ClN2O6/c1-11(2)10-29-17-6-4-14(23-24-17)8-13-7-12(3-5-15(13)22)21-20(28)19(27)18(26)16(9-25)30-21/h3-7,11,16,18-21,25-28H,8-10H2,1-2H3/t16-,18-,19+,20-,21+/m1/s1. The van der Waals surface area contributed by atoms with Crippen molar-refractivity contribution in [2.75, 3.05) is 13.2 Å². The summed E-state index contributed by atoms with van der Waals surface area (Å²) in [6, 6.07) is 8.65. The van der Waals surface area contributed by atoms with Crippen LogP contribution >= 0.6 is 11.6 Å². The van der Waals surface area contributed by atoms with Crippen molar-refractivity contribution in [3.8, 4) is 5.88 Å². The van der Waals surface area contributed by atoms with Crippen LogP contribution in [0.4, 0.5) is 0 Å². The van der Waals surface area contributed by atoms with Crippen molar-refractivity contribution in [2.24, 2.45) is 5.92 Å². The minimum Gasteiger partial charge on any atom is -0.476 e. The molecule has 2 aromatic rings. The van der Waals surface area contributed by atoms with Crippen molar-refractivity contribution in [1.82, 2.24) is 10.2 Å². The van der Waals surface area contributed by atoms with Crippen molar-refractivity contribution < 1.29 is 29.9 Å². The molecular formula is C21H27ClN2O6. The van der Waals surface area contributed by atoms with Gasteiger partial charge >= 0.3 is 0 Å². The number of benzene rings is 1. The highest BCUT2D eigenvalue weighted by molar-refractivity contribution is 6.31. The number of hydrogen-bond acceptors (Lipinski definition) is 8. The zero-order chi connectivity index (χ0) is 21.8. The molecule has 9 heteroatoms. The van der Waals surface area contributed by atoms with E-state index in [2.05, 4.69) is 10.2 Å². The van der Waals surface area contributed by atoms with E-state index in [4.69, 9.17) is 21.1 Å². The van der Waals surface area contributed by atoms with Crippen molar-refractivity contribution >= 4 is 11.6 Å². The monoisotopic (exact) mass is 438 g/mol. The number of halogens is 1. The van der Waals surface area contributed by atoms with Crippen LogP contribution in [0.15, 0.2) is 30.3 Å². The molecule has 1 aromatic carbocycles. The Morgan fingerprint density at radius 2 is 1.83 bits per heavy atom. The van der Waals surface area contributed by atoms with Crippen LogP contribution in [0.5, 0.6) is 5.88 Å². The van der Waals surface area contributed by atoms with Gasteiger partial charge in [-0.2, -0.15) is 5.10 Å². The Balaban J connectivity index is 1.77. The van der Waals surface area contributed by atoms with Gasteiger partial charge in [-0.3, -0.25) is 0 Å². The topological polar surface area (TPSA) is 125 Å². The number of hydrogen-bond donors (Lipinski definition) is 4. The molecule has 1 aliphatic rings. The van der Waals surface area contributed by atoms with Gasteiger partial charge in [-0.05, 0) is 29.2 Å². The first-order valence-corrected chi connectivity index (χ1v) is 10.2. The third-order valence-electron chi connectivity index (χ3n) is 4.92. The van der Waals surface area contributed by atoms with Crippen molar-refractivity contribution in [2.45, 2.75) is 50.8 Å². The summed E-state index contributed by atoms with van der Waals surface area (Å²) in [4.78, 5) is 0. The van der Waals surface area contributed by atoms with Crippen molar-refractivity contribution in [1.29, 1.82) is 0 Å². The van der Waals surface area contributed by atoms with E-state index in [9.17, 15) is 20.4 Å². The normalized spacial score (nSPS) is 26.7. The van der Waals surface area contributed by atoms with Crippen molar-refractivity contribution in [3.63, 3.8) is 0 Å². The number of nitrogens with zero attached hydrogens (tertiary/aromatic N) is 2. The fourth-order valence-electron chi connectivity index (χ4n) is 3.25. The first kappa shape index (κ1) is 22.9. The van der Waals surface area contributed by atoms with Gasteiger partial charge in [0, 0.05) is 17.5 Å². The van der Waals surface area contributed by atoms with E-state index in [1.54, 1.807) is 30.3 Å². The second-order valence-corrected chi connectivity index (χ2v) is 8.25. The molecule has 30 heavy (non-hydrogen) atoms. The summed E-state index contributed by atoms with van der Waals surface area (Å²) in [6.45, 7) is 4.17. The second kappa shape index (κ2) is 10.00. The molecule has 2 heterocycles. The Kier molecular flexibility index (Phi) is 7.62. The van der Waals surface area contributed by atoms with Crippen LogP contribution in [0.1, 0.15) is 36.8 Å².